The second kappa shape index (κ2) is 9.93. The maximum atomic E-state index is 2.57. The van der Waals surface area contributed by atoms with Crippen LogP contribution in [0.1, 0.15) is 90.0 Å². The summed E-state index contributed by atoms with van der Waals surface area (Å²) in [5, 5.41) is 0. The highest BCUT2D eigenvalue weighted by atomic mass is 15.3. The molecule has 0 saturated carbocycles. The van der Waals surface area contributed by atoms with E-state index in [4.69, 9.17) is 0 Å². The molecule has 2 nitrogen and oxygen atoms in total. The first kappa shape index (κ1) is 26.8. The maximum absolute atomic E-state index is 2.57. The highest BCUT2D eigenvalue weighted by Gasteiger charge is 2.45. The van der Waals surface area contributed by atoms with E-state index in [1.54, 1.807) is 0 Å². The van der Waals surface area contributed by atoms with Gasteiger partial charge in [-0.05, 0) is 60.2 Å². The predicted molar refractivity (Wildman–Crippen MR) is 106 cm³/mol. The molecule has 0 aromatic heterocycles. The number of nitrogens with zero attached hydrogens (tertiary/aromatic N) is 2. The van der Waals surface area contributed by atoms with Gasteiger partial charge >= 0.3 is 0 Å². The van der Waals surface area contributed by atoms with Gasteiger partial charge in [-0.2, -0.15) is 0 Å². The molecule has 0 aliphatic heterocycles. The van der Waals surface area contributed by atoms with E-state index in [1.807, 2.05) is 13.8 Å². The van der Waals surface area contributed by atoms with Gasteiger partial charge in [0.05, 0.1) is 0 Å². The Balaban J connectivity index is -0.00000115. The van der Waals surface area contributed by atoms with E-state index in [0.29, 0.717) is 6.04 Å². The third kappa shape index (κ3) is 6.58. The van der Waals surface area contributed by atoms with Gasteiger partial charge in [0, 0.05) is 17.1 Å². The summed E-state index contributed by atoms with van der Waals surface area (Å²) in [6.45, 7) is 26.2. The van der Waals surface area contributed by atoms with Crippen molar-refractivity contribution in [1.82, 2.24) is 9.80 Å². The first-order chi connectivity index (χ1) is 9.32. The molecule has 0 N–H and O–H groups in total. The zero-order chi connectivity index (χ0) is 17.6. The Morgan fingerprint density at radius 3 is 1.41 bits per heavy atom. The molecule has 0 spiro atoms. The Morgan fingerprint density at radius 2 is 1.18 bits per heavy atom. The van der Waals surface area contributed by atoms with Gasteiger partial charge in [-0.3, -0.25) is 4.90 Å². The second-order valence-electron chi connectivity index (χ2n) is 8.22. The van der Waals surface area contributed by atoms with Crippen LogP contribution < -0.4 is 0 Å². The second-order valence-corrected chi connectivity index (χ2v) is 8.22. The molecule has 0 aliphatic rings. The van der Waals surface area contributed by atoms with Crippen LogP contribution >= 0.6 is 0 Å². The zero-order valence-electron chi connectivity index (χ0n) is 17.4. The average Bonchev–Trinajstić information content (AvgIpc) is 2.37. The fourth-order valence-corrected chi connectivity index (χ4v) is 3.64. The molecule has 1 unspecified atom stereocenters. The molecule has 1 atom stereocenters. The van der Waals surface area contributed by atoms with E-state index < -0.39 is 0 Å². The zero-order valence-corrected chi connectivity index (χ0v) is 17.4. The van der Waals surface area contributed by atoms with Crippen LogP contribution in [0.15, 0.2) is 0 Å². The summed E-state index contributed by atoms with van der Waals surface area (Å²) in [4.78, 5) is 5.07. The fourth-order valence-electron chi connectivity index (χ4n) is 3.64. The highest BCUT2D eigenvalue weighted by molar-refractivity contribution is 5.02. The van der Waals surface area contributed by atoms with Gasteiger partial charge in [-0.15, -0.1) is 0 Å². The van der Waals surface area contributed by atoms with E-state index in [0.717, 1.165) is 6.54 Å². The van der Waals surface area contributed by atoms with Crippen molar-refractivity contribution in [1.29, 1.82) is 0 Å². The first-order valence-electron chi connectivity index (χ1n) is 8.76. The third-order valence-electron chi connectivity index (χ3n) is 5.07. The Bertz CT molecular complexity index is 274. The Labute approximate surface area is 143 Å². The van der Waals surface area contributed by atoms with Crippen molar-refractivity contribution in [3.8, 4) is 0 Å². The smallest absolute Gasteiger partial charge is 0.0320 e. The number of likely N-dealkylation sites (N-methyl/N-ethyl adjacent to an activating group) is 2. The molecule has 138 valence electrons. The van der Waals surface area contributed by atoms with Gasteiger partial charge in [-0.1, -0.05) is 55.9 Å². The van der Waals surface area contributed by atoms with Crippen LogP contribution in [0.5, 0.6) is 0 Å². The Kier molecular flexibility index (Phi) is 12.1. The van der Waals surface area contributed by atoms with E-state index in [2.05, 4.69) is 86.2 Å². The molecular weight excluding hydrogens is 268 g/mol. The molecule has 0 amide bonds. The van der Waals surface area contributed by atoms with Crippen molar-refractivity contribution >= 4 is 0 Å². The van der Waals surface area contributed by atoms with Crippen LogP contribution in [0, 0.1) is 5.41 Å². The van der Waals surface area contributed by atoms with E-state index in [9.17, 15) is 0 Å². The van der Waals surface area contributed by atoms with Gasteiger partial charge in [0.15, 0.2) is 0 Å². The molecular formula is C20H48N2. The van der Waals surface area contributed by atoms with E-state index >= 15 is 0 Å². The lowest BCUT2D eigenvalue weighted by atomic mass is 9.73. The fraction of sp³-hybridized carbons (Fsp3) is 1.00. The lowest BCUT2D eigenvalue weighted by Crippen LogP contribution is -2.65. The van der Waals surface area contributed by atoms with Crippen molar-refractivity contribution in [3.05, 3.63) is 0 Å². The summed E-state index contributed by atoms with van der Waals surface area (Å²) in [5.41, 5.74) is 0.608. The SMILES string of the molecule is C.CC.CCN(C)C(C(C)(C)C)C(C)(C)N(C)C(C)(C)CC. The summed E-state index contributed by atoms with van der Waals surface area (Å²) >= 11 is 0. The lowest BCUT2D eigenvalue weighted by Gasteiger charge is -2.56. The van der Waals surface area contributed by atoms with Crippen molar-refractivity contribution in [2.75, 3.05) is 20.6 Å². The molecule has 0 aromatic rings. The molecule has 0 fully saturated rings. The Morgan fingerprint density at radius 1 is 0.818 bits per heavy atom. The van der Waals surface area contributed by atoms with Crippen molar-refractivity contribution < 1.29 is 0 Å². The summed E-state index contributed by atoms with van der Waals surface area (Å²) < 4.78 is 0. The monoisotopic (exact) mass is 316 g/mol. The van der Waals surface area contributed by atoms with Gasteiger partial charge < -0.3 is 4.90 Å². The molecule has 0 rings (SSSR count). The quantitative estimate of drug-likeness (QED) is 0.600. The van der Waals surface area contributed by atoms with Crippen molar-refractivity contribution in [2.24, 2.45) is 5.41 Å². The predicted octanol–water partition coefficient (Wildman–Crippen LogP) is 5.91. The molecule has 0 aliphatic carbocycles. The van der Waals surface area contributed by atoms with Gasteiger partial charge in [0.1, 0.15) is 0 Å². The number of hydrogen-bond donors (Lipinski definition) is 0. The third-order valence-corrected chi connectivity index (χ3v) is 5.07. The molecule has 0 heterocycles. The topological polar surface area (TPSA) is 6.48 Å². The lowest BCUT2D eigenvalue weighted by molar-refractivity contribution is -0.0533. The van der Waals surface area contributed by atoms with Crippen molar-refractivity contribution in [3.63, 3.8) is 0 Å². The van der Waals surface area contributed by atoms with Crippen molar-refractivity contribution in [2.45, 2.75) is 107 Å². The van der Waals surface area contributed by atoms with Crippen LogP contribution in [0.3, 0.4) is 0 Å². The summed E-state index contributed by atoms with van der Waals surface area (Å²) in [5.74, 6) is 0. The Hall–Kier alpha value is -0.0800. The molecule has 0 radical (unpaired) electrons. The van der Waals surface area contributed by atoms with Gasteiger partial charge in [0.2, 0.25) is 0 Å². The van der Waals surface area contributed by atoms with E-state index in [1.165, 1.54) is 6.42 Å². The molecule has 22 heavy (non-hydrogen) atoms. The van der Waals surface area contributed by atoms with E-state index in [-0.39, 0.29) is 23.9 Å². The molecule has 0 saturated heterocycles. The molecule has 0 bridgehead atoms. The van der Waals surface area contributed by atoms with Crippen LogP contribution in [0.2, 0.25) is 0 Å². The maximum Gasteiger partial charge on any atom is 0.0320 e. The molecule has 2 heteroatoms. The average molecular weight is 317 g/mol. The summed E-state index contributed by atoms with van der Waals surface area (Å²) in [6, 6.07) is 0.515. The highest BCUT2D eigenvalue weighted by Crippen LogP contribution is 2.38. The van der Waals surface area contributed by atoms with Gasteiger partial charge in [-0.25, -0.2) is 0 Å². The standard InChI is InChI=1S/C17H38N2.C2H6.CH4/c1-12-16(6,7)19(11)17(8,9)14(15(3,4)5)18(10)13-2;1-2;/h14H,12-13H2,1-11H3;1-2H3;1H4. The van der Waals surface area contributed by atoms with Crippen LogP contribution in [-0.4, -0.2) is 47.6 Å². The minimum atomic E-state index is 0. The molecule has 0 aromatic carbocycles. The minimum Gasteiger partial charge on any atom is -0.301 e. The first-order valence-corrected chi connectivity index (χ1v) is 8.76. The largest absolute Gasteiger partial charge is 0.301 e. The van der Waals surface area contributed by atoms with Crippen LogP contribution in [0.25, 0.3) is 0 Å². The summed E-state index contributed by atoms with van der Waals surface area (Å²) in [7, 11) is 4.54. The number of rotatable bonds is 6. The van der Waals surface area contributed by atoms with Gasteiger partial charge in [0.25, 0.3) is 0 Å². The summed E-state index contributed by atoms with van der Waals surface area (Å²) in [6.07, 6.45) is 1.17. The minimum absolute atomic E-state index is 0. The van der Waals surface area contributed by atoms with Crippen LogP contribution in [-0.2, 0) is 0 Å². The number of hydrogen-bond acceptors (Lipinski definition) is 2. The normalized spacial score (nSPS) is 14.3. The van der Waals surface area contributed by atoms with Crippen LogP contribution in [0.4, 0.5) is 0 Å².